The molecule has 4 aliphatic heterocycles. The molecular formula is C54H94O24. The minimum atomic E-state index is -1.86. The molecule has 24 nitrogen and oxygen atoms in total. The maximum Gasteiger partial charge on any atom is 0.187 e. The van der Waals surface area contributed by atoms with Crippen LogP contribution in [0, 0.1) is 51.8 Å². The lowest BCUT2D eigenvalue weighted by atomic mass is 9.44. The maximum atomic E-state index is 11.3. The minimum Gasteiger partial charge on any atom is -0.394 e. The molecular weight excluding hydrogens is 1030 g/mol. The van der Waals surface area contributed by atoms with Gasteiger partial charge >= 0.3 is 0 Å². The van der Waals surface area contributed by atoms with E-state index < -0.39 is 155 Å². The first-order valence-corrected chi connectivity index (χ1v) is 28.6. The van der Waals surface area contributed by atoms with Gasteiger partial charge in [0, 0.05) is 19.1 Å². The van der Waals surface area contributed by atoms with Crippen LogP contribution in [0.5, 0.6) is 0 Å². The summed E-state index contributed by atoms with van der Waals surface area (Å²) in [6.07, 6.45) is -20.2. The van der Waals surface area contributed by atoms with Crippen molar-refractivity contribution in [3.63, 3.8) is 0 Å². The van der Waals surface area contributed by atoms with Crippen LogP contribution in [0.4, 0.5) is 0 Å². The lowest BCUT2D eigenvalue weighted by Gasteiger charge is -2.61. The molecule has 4 heterocycles. The van der Waals surface area contributed by atoms with Crippen molar-refractivity contribution in [2.24, 2.45) is 51.8 Å². The van der Waals surface area contributed by atoms with Gasteiger partial charge in [0.2, 0.25) is 0 Å². The third kappa shape index (κ3) is 12.7. The van der Waals surface area contributed by atoms with Crippen molar-refractivity contribution in [3.8, 4) is 0 Å². The van der Waals surface area contributed by atoms with Crippen LogP contribution >= 0.6 is 0 Å². The average Bonchev–Trinajstić information content (AvgIpc) is 3.98. The van der Waals surface area contributed by atoms with Crippen LogP contribution < -0.4 is 0 Å². The minimum absolute atomic E-state index is 0.0339. The predicted octanol–water partition coefficient (Wildman–Crippen LogP) is -2.62. The Hall–Kier alpha value is -0.960. The molecule has 0 bridgehead atoms. The largest absolute Gasteiger partial charge is 0.394 e. The van der Waals surface area contributed by atoms with Crippen LogP contribution in [-0.4, -0.2) is 260 Å². The van der Waals surface area contributed by atoms with E-state index in [1.54, 1.807) is 6.92 Å². The number of ether oxygens (including phenoxy) is 10. The summed E-state index contributed by atoms with van der Waals surface area (Å²) in [7, 11) is 1.86. The fourth-order valence-electron chi connectivity index (χ4n) is 15.5. The standard InChI is InChI=1S/C54H94O24/c1-25(29-10-11-30-28-9-8-26-17-27(69-5)12-14-53(26,3)31(28)13-15-54(29,30)4)7-6-16-70-22-52(2,23-71-48-44(67)40(63)46(34(20-57)75-48)77-50-42(65)38(61)36(59)32(18-55)73-50)24-72-49-45(68)41(64)47(35(21-58)76-49)78-51-43(66)39(62)37(60)33(19-56)74-51/h25-51,55-68H,6-24H2,1-5H3/t25-,26-,27-,28+,29-,30+,31+,32-,33-,34-,35-,36-,37-,38+,39+,40-,41-,42-,43-,44-,45-,46-,47-,48-,49-,50+,51+,53+,54-/m1/s1. The summed E-state index contributed by atoms with van der Waals surface area (Å²) in [6, 6.07) is 0. The Bertz CT molecular complexity index is 1780. The zero-order valence-corrected chi connectivity index (χ0v) is 45.9. The van der Waals surface area contributed by atoms with Crippen LogP contribution in [0.1, 0.15) is 98.3 Å². The molecule has 78 heavy (non-hydrogen) atoms. The van der Waals surface area contributed by atoms with Crippen molar-refractivity contribution in [1.82, 2.24) is 0 Å². The highest BCUT2D eigenvalue weighted by molar-refractivity contribution is 5.10. The summed E-state index contributed by atoms with van der Waals surface area (Å²) in [6.45, 7) is 5.81. The van der Waals surface area contributed by atoms with E-state index in [4.69, 9.17) is 47.4 Å². The first kappa shape index (κ1) is 63.1. The molecule has 8 aliphatic rings. The molecule has 24 heteroatoms. The lowest BCUT2D eigenvalue weighted by molar-refractivity contribution is -0.365. The normalized spacial score (nSPS) is 49.4. The second-order valence-electron chi connectivity index (χ2n) is 25.1. The number of hydrogen-bond acceptors (Lipinski definition) is 24. The van der Waals surface area contributed by atoms with Gasteiger partial charge in [0.05, 0.1) is 52.4 Å². The second-order valence-corrected chi connectivity index (χ2v) is 25.1. The number of rotatable bonds is 22. The Kier molecular flexibility index (Phi) is 21.5. The Labute approximate surface area is 456 Å². The van der Waals surface area contributed by atoms with Gasteiger partial charge in [-0.15, -0.1) is 0 Å². The monoisotopic (exact) mass is 1130 g/mol. The molecule has 8 rings (SSSR count). The van der Waals surface area contributed by atoms with E-state index in [0.29, 0.717) is 30.0 Å². The highest BCUT2D eigenvalue weighted by atomic mass is 16.8. The quantitative estimate of drug-likeness (QED) is 0.0494. The second kappa shape index (κ2) is 26.5. The van der Waals surface area contributed by atoms with Crippen molar-refractivity contribution >= 4 is 0 Å². The van der Waals surface area contributed by atoms with E-state index >= 15 is 0 Å². The molecule has 8 fully saturated rings. The highest BCUT2D eigenvalue weighted by Gasteiger charge is 2.61. The topological polar surface area (TPSA) is 376 Å². The molecule has 14 N–H and O–H groups in total. The van der Waals surface area contributed by atoms with E-state index in [1.165, 1.54) is 51.4 Å². The molecule has 4 saturated heterocycles. The molecule has 4 aliphatic carbocycles. The van der Waals surface area contributed by atoms with Gasteiger partial charge in [-0.2, -0.15) is 0 Å². The van der Waals surface area contributed by atoms with Gasteiger partial charge in [0.1, 0.15) is 97.7 Å². The summed E-state index contributed by atoms with van der Waals surface area (Å²) in [5, 5.41) is 148. The Morgan fingerprint density at radius 1 is 0.526 bits per heavy atom. The van der Waals surface area contributed by atoms with Gasteiger partial charge < -0.3 is 119 Å². The van der Waals surface area contributed by atoms with E-state index in [2.05, 4.69) is 20.8 Å². The Morgan fingerprint density at radius 2 is 1.00 bits per heavy atom. The fourth-order valence-corrected chi connectivity index (χ4v) is 15.5. The molecule has 454 valence electrons. The van der Waals surface area contributed by atoms with Crippen LogP contribution in [0.2, 0.25) is 0 Å². The van der Waals surface area contributed by atoms with Gasteiger partial charge in [-0.25, -0.2) is 0 Å². The van der Waals surface area contributed by atoms with E-state index in [9.17, 15) is 71.5 Å². The third-order valence-electron chi connectivity index (χ3n) is 20.2. The van der Waals surface area contributed by atoms with E-state index in [-0.39, 0.29) is 25.2 Å². The van der Waals surface area contributed by atoms with Gasteiger partial charge in [0.15, 0.2) is 25.2 Å². The van der Waals surface area contributed by atoms with Crippen molar-refractivity contribution < 1.29 is 119 Å². The molecule has 4 saturated carbocycles. The summed E-state index contributed by atoms with van der Waals surface area (Å²) in [4.78, 5) is 0. The summed E-state index contributed by atoms with van der Waals surface area (Å²) in [5.74, 6) is 4.04. The van der Waals surface area contributed by atoms with Gasteiger partial charge in [-0.1, -0.05) is 27.7 Å². The molecule has 0 aromatic heterocycles. The van der Waals surface area contributed by atoms with E-state index in [1.807, 2.05) is 7.11 Å². The zero-order chi connectivity index (χ0) is 56.6. The lowest BCUT2D eigenvalue weighted by Crippen LogP contribution is -2.65. The van der Waals surface area contributed by atoms with Crippen molar-refractivity contribution in [2.45, 2.75) is 227 Å². The summed E-state index contributed by atoms with van der Waals surface area (Å²) in [5.41, 5.74) is -0.504. The number of hydrogen-bond donors (Lipinski definition) is 14. The van der Waals surface area contributed by atoms with E-state index in [0.717, 1.165) is 42.9 Å². The number of methoxy groups -OCH3 is 1. The summed E-state index contributed by atoms with van der Waals surface area (Å²) < 4.78 is 58.5. The van der Waals surface area contributed by atoms with Crippen molar-refractivity contribution in [3.05, 3.63) is 0 Å². The molecule has 29 atom stereocenters. The van der Waals surface area contributed by atoms with Gasteiger partial charge in [-0.3, -0.25) is 0 Å². The van der Waals surface area contributed by atoms with Crippen LogP contribution in [0.3, 0.4) is 0 Å². The first-order chi connectivity index (χ1) is 37.1. The van der Waals surface area contributed by atoms with Gasteiger partial charge in [-0.05, 0) is 117 Å². The highest BCUT2D eigenvalue weighted by Crippen LogP contribution is 2.68. The molecule has 0 spiro atoms. The van der Waals surface area contributed by atoms with Crippen molar-refractivity contribution in [2.75, 3.05) is 60.0 Å². The van der Waals surface area contributed by atoms with Crippen LogP contribution in [-0.2, 0) is 47.4 Å². The van der Waals surface area contributed by atoms with Gasteiger partial charge in [0.25, 0.3) is 0 Å². The smallest absolute Gasteiger partial charge is 0.187 e. The number of fused-ring (bicyclic) bond motifs is 5. The zero-order valence-electron chi connectivity index (χ0n) is 45.9. The average molecular weight is 1130 g/mol. The maximum absolute atomic E-state index is 11.3. The Balaban J connectivity index is 0.898. The first-order valence-electron chi connectivity index (χ1n) is 28.6. The predicted molar refractivity (Wildman–Crippen MR) is 268 cm³/mol. The van der Waals surface area contributed by atoms with Crippen LogP contribution in [0.15, 0.2) is 0 Å². The number of aliphatic hydroxyl groups is 14. The fraction of sp³-hybridized carbons (Fsp3) is 1.00. The molecule has 0 aromatic rings. The van der Waals surface area contributed by atoms with Crippen molar-refractivity contribution in [1.29, 1.82) is 0 Å². The molecule has 0 radical (unpaired) electrons. The Morgan fingerprint density at radius 3 is 1.50 bits per heavy atom. The third-order valence-corrected chi connectivity index (χ3v) is 20.2. The number of aliphatic hydroxyl groups excluding tert-OH is 14. The molecule has 0 unspecified atom stereocenters. The van der Waals surface area contributed by atoms with Crippen LogP contribution in [0.25, 0.3) is 0 Å². The molecule has 0 aromatic carbocycles. The SMILES string of the molecule is CO[C@@H]1CC[C@@]2(C)[C@H](CC[C@@H]3[C@@H]2CC[C@]2(C)[C@@H]([C@H](C)CCCOCC(C)(CO[C@@H]4O[C@H](CO)[C@@H](O[C@@H]5O[C@H](CO)[C@@H](O)[C@H](O)[C@H]5O)[C@H](O)[C@H]4O)CO[C@@H]4O[C@H](CO)[C@@H](O[C@@H]5O[C@H](CO)[C@@H](O)[C@H](O)[C@H]5O)[C@H](O)[C@H]4O)CC[C@@H]32)C1. The summed E-state index contributed by atoms with van der Waals surface area (Å²) >= 11 is 0. The molecule has 0 amide bonds.